The van der Waals surface area contributed by atoms with Gasteiger partial charge in [-0.2, -0.15) is 0 Å². The van der Waals surface area contributed by atoms with Crippen LogP contribution in [-0.2, 0) is 0 Å². The molecule has 1 aliphatic rings. The van der Waals surface area contributed by atoms with Crippen LogP contribution in [0, 0.1) is 0 Å². The molecule has 0 spiro atoms. The summed E-state index contributed by atoms with van der Waals surface area (Å²) in [5.74, 6) is -1.13. The van der Waals surface area contributed by atoms with E-state index in [1.54, 1.807) is 29.2 Å². The Morgan fingerprint density at radius 2 is 2.14 bits per heavy atom. The smallest absolute Gasteiger partial charge is 0.358 e. The molecule has 2 aromatic rings. The molecule has 2 unspecified atom stereocenters. The molecular formula is C14H16N4O3. The Balaban J connectivity index is 2.11. The van der Waals surface area contributed by atoms with Crippen molar-refractivity contribution in [1.29, 1.82) is 0 Å². The van der Waals surface area contributed by atoms with Crippen LogP contribution in [-0.4, -0.2) is 42.3 Å². The summed E-state index contributed by atoms with van der Waals surface area (Å²) in [6.45, 7) is 0. The van der Waals surface area contributed by atoms with Gasteiger partial charge in [-0.1, -0.05) is 18.1 Å². The number of carboxylic acids is 1. The number of aromatic nitrogens is 4. The number of nitrogens with zero attached hydrogens (tertiary/aromatic N) is 4. The molecule has 7 nitrogen and oxygen atoms in total. The first-order chi connectivity index (χ1) is 10.2. The molecule has 2 N–H and O–H groups in total. The second-order valence-electron chi connectivity index (χ2n) is 5.20. The third-order valence-corrected chi connectivity index (χ3v) is 3.84. The number of aliphatic hydroxyl groups excluding tert-OH is 1. The highest BCUT2D eigenvalue weighted by atomic mass is 16.4. The van der Waals surface area contributed by atoms with E-state index < -0.39 is 12.1 Å². The summed E-state index contributed by atoms with van der Waals surface area (Å²) in [6.07, 6.45) is 6.08. The first kappa shape index (κ1) is 13.7. The van der Waals surface area contributed by atoms with Crippen LogP contribution in [0.3, 0.4) is 0 Å². The van der Waals surface area contributed by atoms with Gasteiger partial charge in [0.1, 0.15) is 5.69 Å². The summed E-state index contributed by atoms with van der Waals surface area (Å²) >= 11 is 0. The van der Waals surface area contributed by atoms with E-state index in [9.17, 15) is 15.0 Å². The molecule has 21 heavy (non-hydrogen) atoms. The first-order valence-corrected chi connectivity index (χ1v) is 6.95. The van der Waals surface area contributed by atoms with Crippen LogP contribution in [0.1, 0.15) is 42.2 Å². The average Bonchev–Trinajstić information content (AvgIpc) is 2.93. The number of rotatable bonds is 3. The highest BCUT2D eigenvalue weighted by molar-refractivity contribution is 5.92. The van der Waals surface area contributed by atoms with Crippen LogP contribution in [0.25, 0.3) is 11.3 Å². The number of hydrogen-bond acceptors (Lipinski definition) is 5. The highest BCUT2D eigenvalue weighted by Gasteiger charge is 2.31. The zero-order valence-corrected chi connectivity index (χ0v) is 11.4. The Morgan fingerprint density at radius 3 is 2.81 bits per heavy atom. The molecule has 0 saturated heterocycles. The van der Waals surface area contributed by atoms with E-state index in [0.29, 0.717) is 17.7 Å². The number of hydrogen-bond donors (Lipinski definition) is 2. The van der Waals surface area contributed by atoms with E-state index >= 15 is 0 Å². The summed E-state index contributed by atoms with van der Waals surface area (Å²) in [4.78, 5) is 15.4. The molecule has 2 atom stereocenters. The van der Waals surface area contributed by atoms with Crippen molar-refractivity contribution < 1.29 is 15.0 Å². The van der Waals surface area contributed by atoms with E-state index in [4.69, 9.17) is 0 Å². The third-order valence-electron chi connectivity index (χ3n) is 3.84. The van der Waals surface area contributed by atoms with Crippen LogP contribution in [0.5, 0.6) is 0 Å². The maximum absolute atomic E-state index is 11.4. The fourth-order valence-electron chi connectivity index (χ4n) is 2.82. The molecule has 1 aliphatic carbocycles. The number of carboxylic acid groups (broad SMARTS) is 1. The monoisotopic (exact) mass is 288 g/mol. The number of carbonyl (C=O) groups is 1. The quantitative estimate of drug-likeness (QED) is 0.887. The molecule has 0 aromatic carbocycles. The maximum atomic E-state index is 11.4. The van der Waals surface area contributed by atoms with Crippen LogP contribution >= 0.6 is 0 Å². The lowest BCUT2D eigenvalue weighted by Crippen LogP contribution is -2.29. The molecule has 7 heteroatoms. The van der Waals surface area contributed by atoms with Crippen molar-refractivity contribution in [3.63, 3.8) is 0 Å². The van der Waals surface area contributed by atoms with Crippen molar-refractivity contribution in [2.24, 2.45) is 0 Å². The topological polar surface area (TPSA) is 101 Å². The lowest BCUT2D eigenvalue weighted by Gasteiger charge is -2.28. The molecule has 0 bridgehead atoms. The van der Waals surface area contributed by atoms with Gasteiger partial charge in [-0.15, -0.1) is 5.10 Å². The fourth-order valence-corrected chi connectivity index (χ4v) is 2.82. The zero-order valence-electron chi connectivity index (χ0n) is 11.4. The Bertz CT molecular complexity index is 641. The molecule has 1 fully saturated rings. The molecule has 110 valence electrons. The van der Waals surface area contributed by atoms with Crippen LogP contribution in [0.2, 0.25) is 0 Å². The Kier molecular flexibility index (Phi) is 3.66. The first-order valence-electron chi connectivity index (χ1n) is 6.95. The van der Waals surface area contributed by atoms with E-state index in [0.717, 1.165) is 19.3 Å². The van der Waals surface area contributed by atoms with Gasteiger partial charge < -0.3 is 10.2 Å². The summed E-state index contributed by atoms with van der Waals surface area (Å²) in [5.41, 5.74) is 0.931. The molecule has 3 rings (SSSR count). The second kappa shape index (κ2) is 5.61. The van der Waals surface area contributed by atoms with Crippen molar-refractivity contribution >= 4 is 5.97 Å². The molecular weight excluding hydrogens is 272 g/mol. The van der Waals surface area contributed by atoms with E-state index in [2.05, 4.69) is 15.3 Å². The highest BCUT2D eigenvalue weighted by Crippen LogP contribution is 2.33. The predicted molar refractivity (Wildman–Crippen MR) is 73.7 cm³/mol. The average molecular weight is 288 g/mol. The van der Waals surface area contributed by atoms with E-state index in [1.807, 2.05) is 0 Å². The largest absolute Gasteiger partial charge is 0.476 e. The van der Waals surface area contributed by atoms with Crippen molar-refractivity contribution in [2.45, 2.75) is 37.8 Å². The van der Waals surface area contributed by atoms with Gasteiger partial charge in [0, 0.05) is 18.0 Å². The lowest BCUT2D eigenvalue weighted by atomic mass is 9.92. The second-order valence-corrected chi connectivity index (χ2v) is 5.20. The van der Waals surface area contributed by atoms with E-state index in [-0.39, 0.29) is 11.7 Å². The maximum Gasteiger partial charge on any atom is 0.358 e. The lowest BCUT2D eigenvalue weighted by molar-refractivity contribution is 0.0680. The van der Waals surface area contributed by atoms with Gasteiger partial charge >= 0.3 is 5.97 Å². The molecule has 2 heterocycles. The van der Waals surface area contributed by atoms with E-state index in [1.165, 1.54) is 0 Å². The molecule has 1 saturated carbocycles. The minimum absolute atomic E-state index is 0.110. The molecule has 2 aromatic heterocycles. The van der Waals surface area contributed by atoms with Gasteiger partial charge in [-0.05, 0) is 25.0 Å². The number of aromatic carboxylic acids is 1. The van der Waals surface area contributed by atoms with Gasteiger partial charge in [-0.25, -0.2) is 9.48 Å². The van der Waals surface area contributed by atoms with Crippen LogP contribution < -0.4 is 0 Å². The van der Waals surface area contributed by atoms with Crippen molar-refractivity contribution in [1.82, 2.24) is 20.0 Å². The SMILES string of the molecule is O=C(O)c1nnn(C2CCCCC2O)c1-c1cccnc1. The minimum atomic E-state index is -1.13. The zero-order chi connectivity index (χ0) is 14.8. The predicted octanol–water partition coefficient (Wildman–Crippen LogP) is 1.51. The molecule has 0 amide bonds. The standard InChI is InChI=1S/C14H16N4O3/c19-11-6-2-1-5-10(11)18-13(9-4-3-7-15-8-9)12(14(20)21)16-17-18/h3-4,7-8,10-11,19H,1-2,5-6H2,(H,20,21). The summed E-state index contributed by atoms with van der Waals surface area (Å²) in [6, 6.07) is 3.26. The Morgan fingerprint density at radius 1 is 1.33 bits per heavy atom. The summed E-state index contributed by atoms with van der Waals surface area (Å²) in [5, 5.41) is 27.3. The van der Waals surface area contributed by atoms with Gasteiger partial charge in [0.05, 0.1) is 12.1 Å². The summed E-state index contributed by atoms with van der Waals surface area (Å²) < 4.78 is 1.55. The van der Waals surface area contributed by atoms with Crippen molar-refractivity contribution in [3.8, 4) is 11.3 Å². The fraction of sp³-hybridized carbons (Fsp3) is 0.429. The van der Waals surface area contributed by atoms with Gasteiger partial charge in [-0.3, -0.25) is 4.98 Å². The normalized spacial score (nSPS) is 22.1. The van der Waals surface area contributed by atoms with Gasteiger partial charge in [0.25, 0.3) is 0 Å². The Labute approximate surface area is 121 Å². The van der Waals surface area contributed by atoms with Crippen molar-refractivity contribution in [3.05, 3.63) is 30.2 Å². The Hall–Kier alpha value is -2.28. The van der Waals surface area contributed by atoms with Crippen LogP contribution in [0.15, 0.2) is 24.5 Å². The van der Waals surface area contributed by atoms with Crippen molar-refractivity contribution in [2.75, 3.05) is 0 Å². The van der Waals surface area contributed by atoms with Gasteiger partial charge in [0.2, 0.25) is 0 Å². The molecule has 0 aliphatic heterocycles. The molecule has 0 radical (unpaired) electrons. The minimum Gasteiger partial charge on any atom is -0.476 e. The van der Waals surface area contributed by atoms with Gasteiger partial charge in [0.15, 0.2) is 5.69 Å². The summed E-state index contributed by atoms with van der Waals surface area (Å²) in [7, 11) is 0. The number of pyridine rings is 1. The number of aliphatic hydroxyl groups is 1. The van der Waals surface area contributed by atoms with Crippen LogP contribution in [0.4, 0.5) is 0 Å². The third kappa shape index (κ3) is 2.52.